The summed E-state index contributed by atoms with van der Waals surface area (Å²) in [4.78, 5) is 4.63. The molecule has 0 spiro atoms. The van der Waals surface area contributed by atoms with Gasteiger partial charge in [-0.05, 0) is 6.92 Å². The fourth-order valence-corrected chi connectivity index (χ4v) is 2.37. The molecule has 1 aromatic heterocycles. The molecular formula is C15H17N5. The van der Waals surface area contributed by atoms with Crippen molar-refractivity contribution in [1.82, 2.24) is 15.1 Å². The zero-order valence-electron chi connectivity index (χ0n) is 11.8. The van der Waals surface area contributed by atoms with Crippen LogP contribution in [0, 0.1) is 6.92 Å². The Kier molecular flexibility index (Phi) is 3.02. The Morgan fingerprint density at radius 2 is 1.95 bits per heavy atom. The predicted octanol–water partition coefficient (Wildman–Crippen LogP) is 2.01. The highest BCUT2D eigenvalue weighted by atomic mass is 15.3. The Balaban J connectivity index is 2.23. The van der Waals surface area contributed by atoms with Crippen molar-refractivity contribution in [3.63, 3.8) is 0 Å². The van der Waals surface area contributed by atoms with E-state index in [1.54, 1.807) is 0 Å². The molecule has 0 radical (unpaired) electrons. The van der Waals surface area contributed by atoms with E-state index in [2.05, 4.69) is 32.9 Å². The van der Waals surface area contributed by atoms with Crippen LogP contribution in [0.5, 0.6) is 0 Å². The molecule has 0 bridgehead atoms. The maximum Gasteiger partial charge on any atom is 0.122 e. The second kappa shape index (κ2) is 4.85. The molecule has 2 aromatic rings. The van der Waals surface area contributed by atoms with Gasteiger partial charge in [0, 0.05) is 19.7 Å². The normalized spacial score (nSPS) is 13.8. The van der Waals surface area contributed by atoms with Crippen LogP contribution in [0.4, 0.5) is 5.69 Å². The molecule has 102 valence electrons. The summed E-state index contributed by atoms with van der Waals surface area (Å²) in [6.45, 7) is 1.99. The topological polar surface area (TPSA) is 54.2 Å². The second-order valence-corrected chi connectivity index (χ2v) is 4.69. The summed E-state index contributed by atoms with van der Waals surface area (Å²) < 4.78 is 1.87. The highest BCUT2D eigenvalue weighted by Crippen LogP contribution is 2.26. The maximum atomic E-state index is 4.63. The third kappa shape index (κ3) is 1.97. The largest absolute Gasteiger partial charge is 0.373 e. The van der Waals surface area contributed by atoms with Gasteiger partial charge in [0.05, 0.1) is 23.3 Å². The predicted molar refractivity (Wildman–Crippen MR) is 80.8 cm³/mol. The van der Waals surface area contributed by atoms with Gasteiger partial charge in [-0.15, -0.1) is 0 Å². The number of benzene rings is 1. The first-order valence-electron chi connectivity index (χ1n) is 6.53. The Hall–Kier alpha value is -2.56. The molecule has 3 rings (SSSR count). The Morgan fingerprint density at radius 1 is 1.20 bits per heavy atom. The van der Waals surface area contributed by atoms with Crippen LogP contribution in [0.2, 0.25) is 0 Å². The Bertz CT molecular complexity index is 695. The summed E-state index contributed by atoms with van der Waals surface area (Å²) in [6.07, 6.45) is 1.81. The fraction of sp³-hybridized carbons (Fsp3) is 0.200. The fourth-order valence-electron chi connectivity index (χ4n) is 2.37. The summed E-state index contributed by atoms with van der Waals surface area (Å²) in [5.74, 6) is 0.855. The summed E-state index contributed by atoms with van der Waals surface area (Å²) in [6, 6.07) is 10.2. The Morgan fingerprint density at radius 3 is 2.65 bits per heavy atom. The molecule has 0 amide bonds. The summed E-state index contributed by atoms with van der Waals surface area (Å²) >= 11 is 0. The van der Waals surface area contributed by atoms with E-state index in [-0.39, 0.29) is 0 Å². The minimum Gasteiger partial charge on any atom is -0.373 e. The number of nitrogens with zero attached hydrogens (tertiary/aromatic N) is 3. The van der Waals surface area contributed by atoms with E-state index in [4.69, 9.17) is 0 Å². The lowest BCUT2D eigenvalue weighted by Gasteiger charge is -2.09. The molecule has 20 heavy (non-hydrogen) atoms. The standard InChI is InChI=1S/C15H17N5/c1-10-13-15(20(3)19-10)14(11-7-5-4-6-8-11)17-9-12(16-2)18-13/h4-9,16,18H,1-3H3. The van der Waals surface area contributed by atoms with E-state index >= 15 is 0 Å². The van der Waals surface area contributed by atoms with Gasteiger partial charge in [-0.3, -0.25) is 9.67 Å². The zero-order valence-corrected chi connectivity index (χ0v) is 11.8. The van der Waals surface area contributed by atoms with Crippen LogP contribution >= 0.6 is 0 Å². The van der Waals surface area contributed by atoms with Gasteiger partial charge >= 0.3 is 0 Å². The van der Waals surface area contributed by atoms with E-state index < -0.39 is 0 Å². The van der Waals surface area contributed by atoms with Gasteiger partial charge in [-0.25, -0.2) is 0 Å². The number of fused-ring (bicyclic) bond motifs is 1. The first kappa shape index (κ1) is 12.5. The van der Waals surface area contributed by atoms with Gasteiger partial charge in [-0.2, -0.15) is 5.10 Å². The number of aliphatic imine (C=N–C) groups is 1. The van der Waals surface area contributed by atoms with Crippen molar-refractivity contribution in [2.45, 2.75) is 6.92 Å². The zero-order chi connectivity index (χ0) is 14.1. The van der Waals surface area contributed by atoms with Gasteiger partial charge in [0.1, 0.15) is 11.5 Å². The van der Waals surface area contributed by atoms with Crippen LogP contribution in [0.1, 0.15) is 17.0 Å². The van der Waals surface area contributed by atoms with E-state index in [0.29, 0.717) is 0 Å². The number of anilines is 1. The van der Waals surface area contributed by atoms with Crippen LogP contribution in [0.25, 0.3) is 0 Å². The van der Waals surface area contributed by atoms with Crippen LogP contribution in [-0.2, 0) is 7.05 Å². The van der Waals surface area contributed by atoms with Crippen LogP contribution in [-0.4, -0.2) is 22.5 Å². The van der Waals surface area contributed by atoms with Crippen molar-refractivity contribution in [2.24, 2.45) is 12.0 Å². The van der Waals surface area contributed by atoms with E-state index in [1.807, 2.05) is 50.1 Å². The number of nitrogens with one attached hydrogen (secondary N) is 2. The first-order chi connectivity index (χ1) is 9.70. The molecule has 0 aliphatic carbocycles. The molecule has 5 heteroatoms. The van der Waals surface area contributed by atoms with E-state index in [0.717, 1.165) is 34.2 Å². The lowest BCUT2D eigenvalue weighted by atomic mass is 10.1. The average Bonchev–Trinajstić information content (AvgIpc) is 2.66. The minimum atomic E-state index is 0.855. The molecule has 1 aliphatic rings. The molecule has 0 atom stereocenters. The quantitative estimate of drug-likeness (QED) is 0.875. The van der Waals surface area contributed by atoms with Crippen LogP contribution in [0.3, 0.4) is 0 Å². The molecule has 0 fully saturated rings. The van der Waals surface area contributed by atoms with Crippen molar-refractivity contribution < 1.29 is 0 Å². The SMILES string of the molecule is CNC1=CN=C(c2ccccc2)c2c(c(C)nn2C)N1. The number of aromatic nitrogens is 2. The van der Waals surface area contributed by atoms with Gasteiger partial charge in [0.25, 0.3) is 0 Å². The highest BCUT2D eigenvalue weighted by Gasteiger charge is 2.22. The maximum absolute atomic E-state index is 4.63. The molecule has 5 nitrogen and oxygen atoms in total. The second-order valence-electron chi connectivity index (χ2n) is 4.69. The van der Waals surface area contributed by atoms with Crippen molar-refractivity contribution >= 4 is 11.4 Å². The molecule has 2 heterocycles. The number of hydrogen-bond acceptors (Lipinski definition) is 4. The molecule has 0 unspecified atom stereocenters. The van der Waals surface area contributed by atoms with Gasteiger partial charge < -0.3 is 10.6 Å². The molecule has 1 aromatic carbocycles. The summed E-state index contributed by atoms with van der Waals surface area (Å²) in [5.41, 5.74) is 4.94. The van der Waals surface area contributed by atoms with Crippen LogP contribution < -0.4 is 10.6 Å². The average molecular weight is 267 g/mol. The number of rotatable bonds is 2. The molecule has 1 aliphatic heterocycles. The summed E-state index contributed by atoms with van der Waals surface area (Å²) in [5, 5.41) is 10.9. The molecule has 0 saturated heterocycles. The summed E-state index contributed by atoms with van der Waals surface area (Å²) in [7, 11) is 3.81. The monoisotopic (exact) mass is 267 g/mol. The molecule has 2 N–H and O–H groups in total. The van der Waals surface area contributed by atoms with Crippen LogP contribution in [0.15, 0.2) is 47.3 Å². The molecule has 0 saturated carbocycles. The minimum absolute atomic E-state index is 0.855. The first-order valence-corrected chi connectivity index (χ1v) is 6.53. The third-order valence-electron chi connectivity index (χ3n) is 3.35. The smallest absolute Gasteiger partial charge is 0.122 e. The number of hydrogen-bond donors (Lipinski definition) is 2. The van der Waals surface area contributed by atoms with Crippen molar-refractivity contribution in [2.75, 3.05) is 12.4 Å². The van der Waals surface area contributed by atoms with Gasteiger partial charge in [0.2, 0.25) is 0 Å². The Labute approximate surface area is 118 Å². The van der Waals surface area contributed by atoms with Crippen molar-refractivity contribution in [3.8, 4) is 0 Å². The van der Waals surface area contributed by atoms with Gasteiger partial charge in [0.15, 0.2) is 0 Å². The third-order valence-corrected chi connectivity index (χ3v) is 3.35. The van der Waals surface area contributed by atoms with E-state index in [9.17, 15) is 0 Å². The number of aryl methyl sites for hydroxylation is 2. The van der Waals surface area contributed by atoms with Gasteiger partial charge in [-0.1, -0.05) is 30.3 Å². The van der Waals surface area contributed by atoms with E-state index in [1.165, 1.54) is 0 Å². The lowest BCUT2D eigenvalue weighted by Crippen LogP contribution is -2.15. The molecular weight excluding hydrogens is 250 g/mol. The van der Waals surface area contributed by atoms with Crippen molar-refractivity contribution in [1.29, 1.82) is 0 Å². The highest BCUT2D eigenvalue weighted by molar-refractivity contribution is 6.15. The lowest BCUT2D eigenvalue weighted by molar-refractivity contribution is 0.749. The van der Waals surface area contributed by atoms with Crippen molar-refractivity contribution in [3.05, 3.63) is 59.3 Å².